The number of amides is 1. The highest BCUT2D eigenvalue weighted by Gasteiger charge is 2.31. The summed E-state index contributed by atoms with van der Waals surface area (Å²) in [5, 5.41) is 13.9. The molecule has 1 saturated heterocycles. The van der Waals surface area contributed by atoms with Gasteiger partial charge in [0.25, 0.3) is 5.91 Å². The van der Waals surface area contributed by atoms with Crippen LogP contribution in [-0.2, 0) is 16.4 Å². The summed E-state index contributed by atoms with van der Waals surface area (Å²) in [6.07, 6.45) is 2.33. The van der Waals surface area contributed by atoms with Crippen LogP contribution in [0.4, 0.5) is 10.2 Å². The average Bonchev–Trinajstić information content (AvgIpc) is 2.94. The van der Waals surface area contributed by atoms with E-state index in [2.05, 4.69) is 10.3 Å². The smallest absolute Gasteiger partial charge is 0.251 e. The number of halogens is 1. The van der Waals surface area contributed by atoms with Gasteiger partial charge in [-0.05, 0) is 55.2 Å². The Morgan fingerprint density at radius 1 is 1.10 bits per heavy atom. The Labute approximate surface area is 238 Å². The van der Waals surface area contributed by atoms with Gasteiger partial charge in [0.05, 0.1) is 40.1 Å². The van der Waals surface area contributed by atoms with E-state index in [-0.39, 0.29) is 34.7 Å². The van der Waals surface area contributed by atoms with Gasteiger partial charge in [-0.15, -0.1) is 0 Å². The third kappa shape index (κ3) is 6.06. The number of aliphatic hydroxyl groups excluding tert-OH is 1. The first kappa shape index (κ1) is 28.6. The van der Waals surface area contributed by atoms with Gasteiger partial charge in [0.1, 0.15) is 11.6 Å². The van der Waals surface area contributed by atoms with Crippen molar-refractivity contribution in [3.05, 3.63) is 77.4 Å². The Morgan fingerprint density at radius 3 is 2.54 bits per heavy atom. The van der Waals surface area contributed by atoms with Crippen LogP contribution < -0.4 is 10.2 Å². The molecular formula is C30H32FN5O4S. The number of rotatable bonds is 6. The monoisotopic (exact) mass is 577 g/mol. The van der Waals surface area contributed by atoms with Crippen molar-refractivity contribution in [1.29, 1.82) is 0 Å². The number of anilines is 1. The largest absolute Gasteiger partial charge is 0.392 e. The van der Waals surface area contributed by atoms with E-state index in [0.717, 1.165) is 11.6 Å². The highest BCUT2D eigenvalue weighted by molar-refractivity contribution is 7.90. The molecule has 5 rings (SSSR count). The molecule has 3 aromatic heterocycles. The first-order valence-corrected chi connectivity index (χ1v) is 15.2. The van der Waals surface area contributed by atoms with Crippen LogP contribution in [0.5, 0.6) is 0 Å². The van der Waals surface area contributed by atoms with Crippen molar-refractivity contribution in [2.75, 3.05) is 24.2 Å². The van der Waals surface area contributed by atoms with E-state index in [4.69, 9.17) is 9.97 Å². The standard InChI is InChI=1S/C30H32FN5O4S/c1-17-15-36(16-18(2)29(17)37)27-12-24(31)19(3)28(35-27)25-9-8-21-13-32-22(11-26(21)34-25)14-33-30(38)20-6-5-7-23(10-20)41(4,39)40/h5-13,17-18,29,37H,14-16H2,1-4H3,(H,33,38)/t17-,18+,29?. The zero-order chi connectivity index (χ0) is 29.5. The van der Waals surface area contributed by atoms with Crippen LogP contribution in [0.1, 0.15) is 35.5 Å². The molecule has 1 aromatic carbocycles. The molecule has 41 heavy (non-hydrogen) atoms. The summed E-state index contributed by atoms with van der Waals surface area (Å²) in [7, 11) is -3.44. The molecular weight excluding hydrogens is 545 g/mol. The molecule has 1 unspecified atom stereocenters. The van der Waals surface area contributed by atoms with Crippen LogP contribution in [0.25, 0.3) is 22.3 Å². The molecule has 1 aliphatic rings. The van der Waals surface area contributed by atoms with E-state index in [1.54, 1.807) is 31.3 Å². The first-order chi connectivity index (χ1) is 19.4. The maximum absolute atomic E-state index is 15.1. The van der Waals surface area contributed by atoms with Gasteiger partial charge in [0.2, 0.25) is 0 Å². The Balaban J connectivity index is 1.39. The molecule has 214 valence electrons. The molecule has 3 atom stereocenters. The van der Waals surface area contributed by atoms with Crippen molar-refractivity contribution in [2.24, 2.45) is 11.8 Å². The van der Waals surface area contributed by atoms with E-state index in [9.17, 15) is 18.3 Å². The number of pyridine rings is 3. The van der Waals surface area contributed by atoms with Crippen LogP contribution in [-0.4, -0.2) is 59.8 Å². The predicted octanol–water partition coefficient (Wildman–Crippen LogP) is 3.93. The summed E-state index contributed by atoms with van der Waals surface area (Å²) >= 11 is 0. The van der Waals surface area contributed by atoms with Gasteiger partial charge in [-0.3, -0.25) is 9.78 Å². The number of fused-ring (bicyclic) bond motifs is 1. The van der Waals surface area contributed by atoms with Gasteiger partial charge >= 0.3 is 0 Å². The number of hydrogen-bond donors (Lipinski definition) is 2. The molecule has 0 bridgehead atoms. The van der Waals surface area contributed by atoms with Crippen LogP contribution >= 0.6 is 0 Å². The van der Waals surface area contributed by atoms with Gasteiger partial charge in [0.15, 0.2) is 9.84 Å². The summed E-state index contributed by atoms with van der Waals surface area (Å²) in [4.78, 5) is 28.7. The quantitative estimate of drug-likeness (QED) is 0.353. The van der Waals surface area contributed by atoms with Crippen molar-refractivity contribution < 1.29 is 22.7 Å². The minimum atomic E-state index is -3.44. The van der Waals surface area contributed by atoms with Crippen LogP contribution in [0.15, 0.2) is 59.6 Å². The number of benzene rings is 1. The van der Waals surface area contributed by atoms with Gasteiger partial charge < -0.3 is 15.3 Å². The fourth-order valence-electron chi connectivity index (χ4n) is 5.14. The van der Waals surface area contributed by atoms with E-state index in [1.165, 1.54) is 24.3 Å². The SMILES string of the molecule is Cc1c(F)cc(N2C[C@@H](C)C(O)[C@@H](C)C2)nc1-c1ccc2cnc(CNC(=O)c3cccc(S(C)(=O)=O)c3)cc2n1. The molecule has 1 fully saturated rings. The summed E-state index contributed by atoms with van der Waals surface area (Å²) in [6.45, 7) is 6.87. The van der Waals surface area contributed by atoms with Crippen LogP contribution in [0, 0.1) is 24.6 Å². The number of sulfone groups is 1. The molecule has 9 nitrogen and oxygen atoms in total. The predicted molar refractivity (Wildman–Crippen MR) is 155 cm³/mol. The Morgan fingerprint density at radius 2 is 1.83 bits per heavy atom. The molecule has 0 saturated carbocycles. The number of carbonyl (C=O) groups excluding carboxylic acids is 1. The second kappa shape index (κ2) is 11.1. The number of piperidine rings is 1. The van der Waals surface area contributed by atoms with Crippen molar-refractivity contribution in [1.82, 2.24) is 20.3 Å². The molecule has 1 aliphatic heterocycles. The first-order valence-electron chi connectivity index (χ1n) is 13.3. The Hall–Kier alpha value is -3.96. The number of nitrogens with zero attached hydrogens (tertiary/aromatic N) is 4. The number of aliphatic hydroxyl groups is 1. The van der Waals surface area contributed by atoms with E-state index in [1.807, 2.05) is 24.8 Å². The lowest BCUT2D eigenvalue weighted by atomic mass is 9.88. The lowest BCUT2D eigenvalue weighted by Gasteiger charge is -2.39. The highest BCUT2D eigenvalue weighted by atomic mass is 32.2. The average molecular weight is 578 g/mol. The van der Waals surface area contributed by atoms with Gasteiger partial charge in [-0.1, -0.05) is 19.9 Å². The number of nitrogens with one attached hydrogen (secondary N) is 1. The van der Waals surface area contributed by atoms with Crippen LogP contribution in [0.3, 0.4) is 0 Å². The minimum Gasteiger partial charge on any atom is -0.392 e. The van der Waals surface area contributed by atoms with Gasteiger partial charge in [-0.25, -0.2) is 22.8 Å². The van der Waals surface area contributed by atoms with E-state index in [0.29, 0.717) is 47.1 Å². The zero-order valence-corrected chi connectivity index (χ0v) is 24.1. The van der Waals surface area contributed by atoms with Crippen LogP contribution in [0.2, 0.25) is 0 Å². The zero-order valence-electron chi connectivity index (χ0n) is 23.3. The highest BCUT2D eigenvalue weighted by Crippen LogP contribution is 2.31. The van der Waals surface area contributed by atoms with Crippen molar-refractivity contribution >= 4 is 32.5 Å². The van der Waals surface area contributed by atoms with Crippen molar-refractivity contribution in [3.63, 3.8) is 0 Å². The summed E-state index contributed by atoms with van der Waals surface area (Å²) in [5.74, 6) is -0.241. The maximum atomic E-state index is 15.1. The molecule has 0 radical (unpaired) electrons. The summed E-state index contributed by atoms with van der Waals surface area (Å²) < 4.78 is 38.8. The Kier molecular flexibility index (Phi) is 7.76. The number of carbonyl (C=O) groups is 1. The molecule has 2 N–H and O–H groups in total. The Bertz CT molecular complexity index is 1730. The summed E-state index contributed by atoms with van der Waals surface area (Å²) in [6, 6.07) is 12.7. The fraction of sp³-hybridized carbons (Fsp3) is 0.333. The molecule has 1 amide bonds. The maximum Gasteiger partial charge on any atom is 0.251 e. The fourth-order valence-corrected chi connectivity index (χ4v) is 5.80. The normalized spacial score (nSPS) is 19.4. The topological polar surface area (TPSA) is 125 Å². The van der Waals surface area contributed by atoms with Gasteiger partial charge in [-0.2, -0.15) is 0 Å². The third-order valence-electron chi connectivity index (χ3n) is 7.53. The van der Waals surface area contributed by atoms with Crippen molar-refractivity contribution in [3.8, 4) is 11.4 Å². The van der Waals surface area contributed by atoms with Gasteiger partial charge in [0, 0.05) is 48.1 Å². The number of hydrogen-bond acceptors (Lipinski definition) is 8. The minimum absolute atomic E-state index is 0.0298. The van der Waals surface area contributed by atoms with E-state index >= 15 is 4.39 Å². The van der Waals surface area contributed by atoms with Crippen molar-refractivity contribution in [2.45, 2.75) is 38.3 Å². The molecule has 0 aliphatic carbocycles. The molecule has 4 aromatic rings. The third-order valence-corrected chi connectivity index (χ3v) is 8.64. The lowest BCUT2D eigenvalue weighted by Crippen LogP contribution is -2.47. The lowest BCUT2D eigenvalue weighted by molar-refractivity contribution is 0.0527. The molecule has 0 spiro atoms. The van der Waals surface area contributed by atoms with E-state index < -0.39 is 21.8 Å². The summed E-state index contributed by atoms with van der Waals surface area (Å²) in [5.41, 5.74) is 2.71. The number of aromatic nitrogens is 3. The second-order valence-corrected chi connectivity index (χ2v) is 12.8. The second-order valence-electron chi connectivity index (χ2n) is 10.8. The molecule has 11 heteroatoms. The molecule has 4 heterocycles.